The zero-order valence-corrected chi connectivity index (χ0v) is 14.8. The molecule has 10 heteroatoms. The fraction of sp³-hybridized carbons (Fsp3) is 0.278. The number of rotatable bonds is 6. The Morgan fingerprint density at radius 3 is 2.75 bits per heavy atom. The van der Waals surface area contributed by atoms with Crippen LogP contribution in [0.25, 0.3) is 0 Å². The number of carbonyl (C=O) groups excluding carboxylic acids is 1. The van der Waals surface area contributed by atoms with E-state index in [1.807, 2.05) is 6.07 Å². The second-order valence-electron chi connectivity index (χ2n) is 5.61. The molecule has 0 unspecified atom stereocenters. The number of aliphatic hydroxyl groups is 1. The van der Waals surface area contributed by atoms with Crippen LogP contribution in [-0.2, 0) is 0 Å². The second kappa shape index (κ2) is 9.05. The third kappa shape index (κ3) is 5.59. The minimum Gasteiger partial charge on any atom is -0.456 e. The number of alkyl halides is 3. The van der Waals surface area contributed by atoms with Gasteiger partial charge in [0.15, 0.2) is 6.10 Å². The molecular formula is C18H17F3N4O3. The quantitative estimate of drug-likeness (QED) is 0.781. The molecular weight excluding hydrogens is 377 g/mol. The zero-order valence-electron chi connectivity index (χ0n) is 14.8. The fourth-order valence-corrected chi connectivity index (χ4v) is 2.17. The van der Waals surface area contributed by atoms with Crippen LogP contribution in [0.3, 0.4) is 0 Å². The van der Waals surface area contributed by atoms with Gasteiger partial charge in [0.1, 0.15) is 23.4 Å². The molecule has 0 aliphatic rings. The molecule has 148 valence electrons. The first-order chi connectivity index (χ1) is 13.2. The number of hydrogen-bond donors (Lipinski definition) is 2. The number of carbonyl (C=O) groups is 1. The lowest BCUT2D eigenvalue weighted by Crippen LogP contribution is -2.45. The van der Waals surface area contributed by atoms with E-state index < -0.39 is 24.9 Å². The summed E-state index contributed by atoms with van der Waals surface area (Å²) in [4.78, 5) is 16.9. The lowest BCUT2D eigenvalue weighted by Gasteiger charge is -2.25. The minimum absolute atomic E-state index is 0.0388. The molecule has 0 bridgehead atoms. The molecule has 0 saturated carbocycles. The standard InChI is InChI=1S/C18H17F3N4O3/c1-2-25(11-15(26)18(19,20)21)17(27)24-16-9-13(7-8-23-16)28-14-6-4-3-5-12(14)10-22/h3-9,15,26H,2,11H2,1H3,(H,23,24,27)/t15-/m1/s1. The molecule has 1 atom stereocenters. The monoisotopic (exact) mass is 394 g/mol. The number of amides is 2. The minimum atomic E-state index is -4.83. The Balaban J connectivity index is 2.09. The number of urea groups is 1. The van der Waals surface area contributed by atoms with E-state index in [9.17, 15) is 18.0 Å². The van der Waals surface area contributed by atoms with E-state index in [0.717, 1.165) is 4.90 Å². The topological polar surface area (TPSA) is 98.5 Å². The van der Waals surface area contributed by atoms with Crippen molar-refractivity contribution in [3.63, 3.8) is 0 Å². The van der Waals surface area contributed by atoms with Gasteiger partial charge in [-0.05, 0) is 25.1 Å². The number of benzene rings is 1. The van der Waals surface area contributed by atoms with Crippen LogP contribution >= 0.6 is 0 Å². The number of hydrogen-bond acceptors (Lipinski definition) is 5. The predicted molar refractivity (Wildman–Crippen MR) is 93.8 cm³/mol. The smallest absolute Gasteiger partial charge is 0.416 e. The first-order valence-electron chi connectivity index (χ1n) is 8.18. The van der Waals surface area contributed by atoms with Crippen LogP contribution in [0.1, 0.15) is 12.5 Å². The molecule has 0 aliphatic heterocycles. The van der Waals surface area contributed by atoms with Crippen molar-refractivity contribution in [2.75, 3.05) is 18.4 Å². The summed E-state index contributed by atoms with van der Waals surface area (Å²) in [7, 11) is 0. The highest BCUT2D eigenvalue weighted by atomic mass is 19.4. The van der Waals surface area contributed by atoms with Crippen LogP contribution in [0, 0.1) is 11.3 Å². The maximum Gasteiger partial charge on any atom is 0.416 e. The van der Waals surface area contributed by atoms with Gasteiger partial charge in [-0.15, -0.1) is 0 Å². The summed E-state index contributed by atoms with van der Waals surface area (Å²) in [6.45, 7) is 0.525. The Morgan fingerprint density at radius 2 is 2.11 bits per heavy atom. The van der Waals surface area contributed by atoms with Crippen molar-refractivity contribution in [1.82, 2.24) is 9.88 Å². The number of aromatic nitrogens is 1. The molecule has 2 N–H and O–H groups in total. The Morgan fingerprint density at radius 1 is 1.39 bits per heavy atom. The van der Waals surface area contributed by atoms with Gasteiger partial charge in [-0.2, -0.15) is 18.4 Å². The van der Waals surface area contributed by atoms with Gasteiger partial charge in [0.25, 0.3) is 0 Å². The number of likely N-dealkylation sites (N-methyl/N-ethyl adjacent to an activating group) is 1. The van der Waals surface area contributed by atoms with Gasteiger partial charge in [0.05, 0.1) is 12.1 Å². The van der Waals surface area contributed by atoms with Crippen molar-refractivity contribution in [2.45, 2.75) is 19.2 Å². The van der Waals surface area contributed by atoms with Crippen LogP contribution in [-0.4, -0.2) is 46.4 Å². The molecule has 2 aromatic rings. The molecule has 2 rings (SSSR count). The summed E-state index contributed by atoms with van der Waals surface area (Å²) in [6, 6.07) is 10.5. The van der Waals surface area contributed by atoms with E-state index in [2.05, 4.69) is 10.3 Å². The average Bonchev–Trinajstić information content (AvgIpc) is 2.65. The van der Waals surface area contributed by atoms with E-state index in [0.29, 0.717) is 11.3 Å². The van der Waals surface area contributed by atoms with Gasteiger partial charge in [0.2, 0.25) is 0 Å². The predicted octanol–water partition coefficient (Wildman–Crippen LogP) is 3.52. The highest BCUT2D eigenvalue weighted by Crippen LogP contribution is 2.26. The van der Waals surface area contributed by atoms with Crippen LogP contribution in [0.2, 0.25) is 0 Å². The van der Waals surface area contributed by atoms with Crippen LogP contribution in [0.5, 0.6) is 11.5 Å². The molecule has 1 aromatic heterocycles. The summed E-state index contributed by atoms with van der Waals surface area (Å²) in [5.41, 5.74) is 0.309. The summed E-state index contributed by atoms with van der Waals surface area (Å²) in [5.74, 6) is 0.611. The number of para-hydroxylation sites is 1. The van der Waals surface area contributed by atoms with Gasteiger partial charge >= 0.3 is 12.2 Å². The zero-order chi connectivity index (χ0) is 20.7. The number of nitriles is 1. The second-order valence-corrected chi connectivity index (χ2v) is 5.61. The Bertz CT molecular complexity index is 868. The third-order valence-corrected chi connectivity index (χ3v) is 3.64. The number of halogens is 3. The lowest BCUT2D eigenvalue weighted by molar-refractivity contribution is -0.206. The normalized spacial score (nSPS) is 12.0. The van der Waals surface area contributed by atoms with Crippen LogP contribution in [0.15, 0.2) is 42.6 Å². The van der Waals surface area contributed by atoms with E-state index in [1.54, 1.807) is 24.3 Å². The fourth-order valence-electron chi connectivity index (χ4n) is 2.17. The van der Waals surface area contributed by atoms with E-state index in [1.165, 1.54) is 25.3 Å². The van der Waals surface area contributed by atoms with Crippen molar-refractivity contribution in [1.29, 1.82) is 5.26 Å². The molecule has 0 aliphatic carbocycles. The van der Waals surface area contributed by atoms with E-state index in [-0.39, 0.29) is 18.1 Å². The lowest BCUT2D eigenvalue weighted by atomic mass is 10.2. The van der Waals surface area contributed by atoms with Crippen molar-refractivity contribution in [2.24, 2.45) is 0 Å². The summed E-state index contributed by atoms with van der Waals surface area (Å²) < 4.78 is 43.1. The van der Waals surface area contributed by atoms with Crippen molar-refractivity contribution in [3.05, 3.63) is 48.2 Å². The molecule has 1 heterocycles. The number of pyridine rings is 1. The van der Waals surface area contributed by atoms with Crippen molar-refractivity contribution in [3.8, 4) is 17.6 Å². The maximum absolute atomic E-state index is 12.5. The van der Waals surface area contributed by atoms with E-state index in [4.69, 9.17) is 15.1 Å². The highest BCUT2D eigenvalue weighted by molar-refractivity contribution is 5.88. The average molecular weight is 394 g/mol. The molecule has 2 amide bonds. The molecule has 0 radical (unpaired) electrons. The third-order valence-electron chi connectivity index (χ3n) is 3.64. The van der Waals surface area contributed by atoms with Crippen LogP contribution < -0.4 is 10.1 Å². The number of nitrogens with zero attached hydrogens (tertiary/aromatic N) is 3. The van der Waals surface area contributed by atoms with Gasteiger partial charge in [0, 0.05) is 18.8 Å². The molecule has 1 aromatic carbocycles. The molecule has 0 spiro atoms. The number of aliphatic hydroxyl groups excluding tert-OH is 1. The Kier molecular flexibility index (Phi) is 6.79. The largest absolute Gasteiger partial charge is 0.456 e. The summed E-state index contributed by atoms with van der Waals surface area (Å²) >= 11 is 0. The number of anilines is 1. The summed E-state index contributed by atoms with van der Waals surface area (Å²) in [6.07, 6.45) is -6.14. The van der Waals surface area contributed by atoms with Crippen LogP contribution in [0.4, 0.5) is 23.8 Å². The number of ether oxygens (including phenoxy) is 1. The number of nitrogens with one attached hydrogen (secondary N) is 1. The van der Waals surface area contributed by atoms with Gasteiger partial charge in [-0.3, -0.25) is 5.32 Å². The van der Waals surface area contributed by atoms with Crippen molar-refractivity contribution >= 4 is 11.8 Å². The maximum atomic E-state index is 12.5. The molecule has 7 nitrogen and oxygen atoms in total. The first kappa shape index (κ1) is 21.0. The first-order valence-corrected chi connectivity index (χ1v) is 8.18. The summed E-state index contributed by atoms with van der Waals surface area (Å²) in [5, 5.41) is 20.6. The van der Waals surface area contributed by atoms with Crippen molar-refractivity contribution < 1.29 is 27.8 Å². The van der Waals surface area contributed by atoms with Gasteiger partial charge in [-0.25, -0.2) is 9.78 Å². The SMILES string of the molecule is CCN(C[C@@H](O)C(F)(F)F)C(=O)Nc1cc(Oc2ccccc2C#N)ccn1. The van der Waals surface area contributed by atoms with Gasteiger partial charge < -0.3 is 14.7 Å². The Hall–Kier alpha value is -3.32. The Labute approximate surface area is 159 Å². The molecule has 28 heavy (non-hydrogen) atoms. The van der Waals surface area contributed by atoms with E-state index >= 15 is 0 Å². The van der Waals surface area contributed by atoms with Gasteiger partial charge in [-0.1, -0.05) is 12.1 Å². The molecule has 0 fully saturated rings. The highest BCUT2D eigenvalue weighted by Gasteiger charge is 2.39. The molecule has 0 saturated heterocycles.